The molecule has 0 saturated heterocycles. The summed E-state index contributed by atoms with van der Waals surface area (Å²) in [5.41, 5.74) is 1.65. The number of carbonyl (C=O) groups excluding carboxylic acids is 1. The normalized spacial score (nSPS) is 12.4. The molecule has 0 heterocycles. The van der Waals surface area contributed by atoms with Crippen LogP contribution in [0.15, 0.2) is 46.9 Å². The smallest absolute Gasteiger partial charge is 0.262 e. The van der Waals surface area contributed by atoms with Gasteiger partial charge in [-0.25, -0.2) is 0 Å². The van der Waals surface area contributed by atoms with Crippen molar-refractivity contribution in [3.63, 3.8) is 0 Å². The zero-order valence-corrected chi connectivity index (χ0v) is 18.2. The zero-order valence-electron chi connectivity index (χ0n) is 16.6. The van der Waals surface area contributed by atoms with E-state index in [0.29, 0.717) is 5.69 Å². The molecule has 1 amide bonds. The van der Waals surface area contributed by atoms with Crippen LogP contribution in [0.5, 0.6) is 11.5 Å². The first-order valence-corrected chi connectivity index (χ1v) is 9.97. The van der Waals surface area contributed by atoms with Crippen LogP contribution < -0.4 is 14.8 Å². The fraction of sp³-hybridized carbons (Fsp3) is 0.409. The number of hydrogen-bond acceptors (Lipinski definition) is 3. The highest BCUT2D eigenvalue weighted by atomic mass is 79.9. The second-order valence-corrected chi connectivity index (χ2v) is 8.51. The van der Waals surface area contributed by atoms with Crippen LogP contribution in [-0.4, -0.2) is 18.6 Å². The Morgan fingerprint density at radius 1 is 1.19 bits per heavy atom. The summed E-state index contributed by atoms with van der Waals surface area (Å²) in [7, 11) is 0. The number of hydrogen-bond donors (Lipinski definition) is 1. The summed E-state index contributed by atoms with van der Waals surface area (Å²) in [4.78, 5) is 12.3. The highest BCUT2D eigenvalue weighted by molar-refractivity contribution is 9.10. The zero-order chi connectivity index (χ0) is 20.0. The number of amides is 1. The standard InChI is InChI=1S/C22H28BrNO3/c1-6-15(2)27-18-9-7-8-17(13-18)24-21(25)14-26-20-11-10-16(23)12-19(20)22(3,4)5/h7-13,15H,6,14H2,1-5H3,(H,24,25). The molecule has 0 aliphatic carbocycles. The van der Waals surface area contributed by atoms with Crippen molar-refractivity contribution in [2.45, 2.75) is 52.6 Å². The summed E-state index contributed by atoms with van der Waals surface area (Å²) in [6, 6.07) is 13.2. The molecule has 0 radical (unpaired) electrons. The highest BCUT2D eigenvalue weighted by Gasteiger charge is 2.20. The molecule has 5 heteroatoms. The summed E-state index contributed by atoms with van der Waals surface area (Å²) >= 11 is 3.50. The number of rotatable bonds is 7. The van der Waals surface area contributed by atoms with Gasteiger partial charge in [0.2, 0.25) is 0 Å². The molecule has 0 fully saturated rings. The van der Waals surface area contributed by atoms with Gasteiger partial charge in [-0.15, -0.1) is 0 Å². The van der Waals surface area contributed by atoms with Gasteiger partial charge in [-0.05, 0) is 49.1 Å². The van der Waals surface area contributed by atoms with E-state index >= 15 is 0 Å². The minimum absolute atomic E-state index is 0.0544. The van der Waals surface area contributed by atoms with Crippen molar-refractivity contribution >= 4 is 27.5 Å². The van der Waals surface area contributed by atoms with Crippen molar-refractivity contribution in [1.29, 1.82) is 0 Å². The lowest BCUT2D eigenvalue weighted by Crippen LogP contribution is -2.22. The highest BCUT2D eigenvalue weighted by Crippen LogP contribution is 2.33. The topological polar surface area (TPSA) is 47.6 Å². The van der Waals surface area contributed by atoms with Gasteiger partial charge in [0, 0.05) is 21.8 Å². The fourth-order valence-electron chi connectivity index (χ4n) is 2.52. The summed E-state index contributed by atoms with van der Waals surface area (Å²) in [5, 5.41) is 2.86. The number of benzene rings is 2. The summed E-state index contributed by atoms with van der Waals surface area (Å²) in [6.07, 6.45) is 1.06. The van der Waals surface area contributed by atoms with E-state index in [1.165, 1.54) is 0 Å². The van der Waals surface area contributed by atoms with Crippen LogP contribution in [0.25, 0.3) is 0 Å². The Bertz CT molecular complexity index is 783. The number of halogens is 1. The monoisotopic (exact) mass is 433 g/mol. The Kier molecular flexibility index (Phi) is 7.31. The van der Waals surface area contributed by atoms with Gasteiger partial charge in [-0.1, -0.05) is 49.7 Å². The fourth-order valence-corrected chi connectivity index (χ4v) is 2.88. The van der Waals surface area contributed by atoms with Gasteiger partial charge in [0.15, 0.2) is 6.61 Å². The number of carbonyl (C=O) groups is 1. The molecule has 0 aromatic heterocycles. The molecule has 27 heavy (non-hydrogen) atoms. The van der Waals surface area contributed by atoms with E-state index < -0.39 is 0 Å². The van der Waals surface area contributed by atoms with Crippen molar-refractivity contribution in [3.05, 3.63) is 52.5 Å². The van der Waals surface area contributed by atoms with Gasteiger partial charge in [0.1, 0.15) is 11.5 Å². The maximum atomic E-state index is 12.3. The van der Waals surface area contributed by atoms with Crippen LogP contribution in [0.1, 0.15) is 46.6 Å². The molecule has 146 valence electrons. The number of anilines is 1. The SMILES string of the molecule is CCC(C)Oc1cccc(NC(=O)COc2ccc(Br)cc2C(C)(C)C)c1. The van der Waals surface area contributed by atoms with Crippen molar-refractivity contribution in [3.8, 4) is 11.5 Å². The van der Waals surface area contributed by atoms with Crippen LogP contribution >= 0.6 is 15.9 Å². The van der Waals surface area contributed by atoms with Crippen LogP contribution in [0.2, 0.25) is 0 Å². The predicted octanol–water partition coefficient (Wildman–Crippen LogP) is 5.94. The second-order valence-electron chi connectivity index (χ2n) is 7.59. The van der Waals surface area contributed by atoms with Crippen LogP contribution in [0, 0.1) is 0 Å². The molecule has 2 aromatic carbocycles. The Balaban J connectivity index is 2.00. The molecule has 1 unspecified atom stereocenters. The lowest BCUT2D eigenvalue weighted by atomic mass is 9.86. The first kappa shape index (κ1) is 21.3. The molecule has 2 aromatic rings. The first-order chi connectivity index (χ1) is 12.7. The first-order valence-electron chi connectivity index (χ1n) is 9.18. The lowest BCUT2D eigenvalue weighted by Gasteiger charge is -2.23. The van der Waals surface area contributed by atoms with Crippen molar-refractivity contribution in [2.75, 3.05) is 11.9 Å². The summed E-state index contributed by atoms with van der Waals surface area (Å²) in [6.45, 7) is 10.4. The third-order valence-electron chi connectivity index (χ3n) is 4.14. The molecule has 0 bridgehead atoms. The molecule has 4 nitrogen and oxygen atoms in total. The average molecular weight is 434 g/mol. The van der Waals surface area contributed by atoms with Gasteiger partial charge < -0.3 is 14.8 Å². The van der Waals surface area contributed by atoms with Crippen LogP contribution in [0.4, 0.5) is 5.69 Å². The number of nitrogens with one attached hydrogen (secondary N) is 1. The van der Waals surface area contributed by atoms with Crippen molar-refractivity contribution < 1.29 is 14.3 Å². The lowest BCUT2D eigenvalue weighted by molar-refractivity contribution is -0.118. The molecular weight excluding hydrogens is 406 g/mol. The largest absolute Gasteiger partial charge is 0.491 e. The quantitative estimate of drug-likeness (QED) is 0.587. The predicted molar refractivity (Wildman–Crippen MR) is 114 cm³/mol. The van der Waals surface area contributed by atoms with Crippen molar-refractivity contribution in [2.24, 2.45) is 0 Å². The van der Waals surface area contributed by atoms with E-state index in [2.05, 4.69) is 48.9 Å². The molecule has 0 aliphatic heterocycles. The minimum Gasteiger partial charge on any atom is -0.491 e. The maximum Gasteiger partial charge on any atom is 0.262 e. The minimum atomic E-state index is -0.210. The third-order valence-corrected chi connectivity index (χ3v) is 4.63. The molecular formula is C22H28BrNO3. The van der Waals surface area contributed by atoms with Crippen molar-refractivity contribution in [1.82, 2.24) is 0 Å². The molecule has 0 saturated carbocycles. The van der Waals surface area contributed by atoms with E-state index in [1.807, 2.05) is 49.4 Å². The second kappa shape index (κ2) is 9.27. The van der Waals surface area contributed by atoms with E-state index in [9.17, 15) is 4.79 Å². The molecule has 1 N–H and O–H groups in total. The van der Waals surface area contributed by atoms with Gasteiger partial charge >= 0.3 is 0 Å². The Labute approximate surface area is 170 Å². The van der Waals surface area contributed by atoms with Crippen LogP contribution in [-0.2, 0) is 10.2 Å². The van der Waals surface area contributed by atoms with E-state index in [1.54, 1.807) is 0 Å². The van der Waals surface area contributed by atoms with Gasteiger partial charge in [-0.3, -0.25) is 4.79 Å². The van der Waals surface area contributed by atoms with Crippen LogP contribution in [0.3, 0.4) is 0 Å². The van der Waals surface area contributed by atoms with E-state index in [0.717, 1.165) is 28.0 Å². The Hall–Kier alpha value is -2.01. The Morgan fingerprint density at radius 3 is 2.59 bits per heavy atom. The molecule has 0 spiro atoms. The summed E-state index contributed by atoms with van der Waals surface area (Å²) in [5.74, 6) is 1.25. The number of ether oxygens (including phenoxy) is 2. The molecule has 1 atom stereocenters. The molecule has 2 rings (SSSR count). The van der Waals surface area contributed by atoms with Gasteiger partial charge in [0.25, 0.3) is 5.91 Å². The molecule has 0 aliphatic rings. The van der Waals surface area contributed by atoms with E-state index in [4.69, 9.17) is 9.47 Å². The summed E-state index contributed by atoms with van der Waals surface area (Å²) < 4.78 is 12.6. The Morgan fingerprint density at radius 2 is 1.93 bits per heavy atom. The third kappa shape index (κ3) is 6.58. The average Bonchev–Trinajstić information content (AvgIpc) is 2.60. The van der Waals surface area contributed by atoms with Gasteiger partial charge in [0.05, 0.1) is 6.10 Å². The maximum absolute atomic E-state index is 12.3. The van der Waals surface area contributed by atoms with E-state index in [-0.39, 0.29) is 24.0 Å². The van der Waals surface area contributed by atoms with Gasteiger partial charge in [-0.2, -0.15) is 0 Å².